The molecule has 2 atom stereocenters. The van der Waals surface area contributed by atoms with Crippen molar-refractivity contribution in [1.29, 1.82) is 0 Å². The summed E-state index contributed by atoms with van der Waals surface area (Å²) in [7, 11) is 0. The van der Waals surface area contributed by atoms with Crippen LogP contribution in [0.1, 0.15) is 32.1 Å². The molecule has 3 rings (SSSR count). The largest absolute Gasteiger partial charge is 0.386 e. The molecule has 0 saturated carbocycles. The van der Waals surface area contributed by atoms with E-state index in [4.69, 9.17) is 0 Å². The molecule has 2 aliphatic heterocycles. The number of rotatable bonds is 2. The van der Waals surface area contributed by atoms with Crippen LogP contribution in [0, 0.1) is 0 Å². The zero-order valence-electron chi connectivity index (χ0n) is 10.1. The van der Waals surface area contributed by atoms with E-state index < -0.39 is 5.60 Å². The molecule has 5 heteroatoms. The number of aromatic nitrogens is 3. The van der Waals surface area contributed by atoms with Crippen LogP contribution in [-0.2, 0) is 6.54 Å². The number of hydrogen-bond acceptors (Lipinski definition) is 4. The minimum absolute atomic E-state index is 0.314. The Labute approximate surface area is 101 Å². The Morgan fingerprint density at radius 3 is 3.00 bits per heavy atom. The third kappa shape index (κ3) is 2.09. The molecule has 2 fully saturated rings. The Bertz CT molecular complexity index is 365. The third-order valence-corrected chi connectivity index (χ3v) is 4.19. The van der Waals surface area contributed by atoms with Crippen LogP contribution in [0.5, 0.6) is 0 Å². The van der Waals surface area contributed by atoms with Gasteiger partial charge in [0, 0.05) is 6.04 Å². The maximum atomic E-state index is 10.9. The molecule has 0 amide bonds. The van der Waals surface area contributed by atoms with Crippen LogP contribution in [0.15, 0.2) is 12.7 Å². The summed E-state index contributed by atoms with van der Waals surface area (Å²) in [5, 5.41) is 15.0. The molecule has 2 saturated heterocycles. The highest BCUT2D eigenvalue weighted by atomic mass is 16.3. The van der Waals surface area contributed by atoms with E-state index in [0.717, 1.165) is 32.4 Å². The highest BCUT2D eigenvalue weighted by molar-refractivity contribution is 4.98. The smallest absolute Gasteiger partial charge is 0.137 e. The van der Waals surface area contributed by atoms with Crippen molar-refractivity contribution in [3.63, 3.8) is 0 Å². The summed E-state index contributed by atoms with van der Waals surface area (Å²) >= 11 is 0. The van der Waals surface area contributed by atoms with Crippen LogP contribution in [0.2, 0.25) is 0 Å². The van der Waals surface area contributed by atoms with Crippen molar-refractivity contribution < 1.29 is 5.11 Å². The highest BCUT2D eigenvalue weighted by Crippen LogP contribution is 2.34. The Hall–Kier alpha value is -0.940. The summed E-state index contributed by atoms with van der Waals surface area (Å²) in [6, 6.07) is 0.314. The van der Waals surface area contributed by atoms with Crippen molar-refractivity contribution in [3.05, 3.63) is 12.7 Å². The molecular weight excluding hydrogens is 216 g/mol. The molecule has 0 aliphatic carbocycles. The van der Waals surface area contributed by atoms with E-state index in [1.54, 1.807) is 11.0 Å². The SMILES string of the molecule is O[C@@]1(Cn2cncn2)CCCN2CCCC[C@@H]21. The average molecular weight is 236 g/mol. The van der Waals surface area contributed by atoms with E-state index in [-0.39, 0.29) is 0 Å². The van der Waals surface area contributed by atoms with Crippen molar-refractivity contribution in [2.24, 2.45) is 0 Å². The summed E-state index contributed by atoms with van der Waals surface area (Å²) < 4.78 is 1.76. The van der Waals surface area contributed by atoms with Gasteiger partial charge in [0.25, 0.3) is 0 Å². The molecule has 1 N–H and O–H groups in total. The first-order chi connectivity index (χ1) is 8.28. The number of nitrogens with zero attached hydrogens (tertiary/aromatic N) is 4. The Morgan fingerprint density at radius 1 is 1.29 bits per heavy atom. The van der Waals surface area contributed by atoms with Crippen LogP contribution in [0.25, 0.3) is 0 Å². The number of fused-ring (bicyclic) bond motifs is 1. The average Bonchev–Trinajstić information content (AvgIpc) is 2.82. The maximum Gasteiger partial charge on any atom is 0.137 e. The second kappa shape index (κ2) is 4.38. The van der Waals surface area contributed by atoms with E-state index in [9.17, 15) is 5.11 Å². The van der Waals surface area contributed by atoms with Crippen LogP contribution in [0.3, 0.4) is 0 Å². The predicted octanol–water partition coefficient (Wildman–Crippen LogP) is 0.657. The number of piperidine rings is 2. The Balaban J connectivity index is 1.78. The fourth-order valence-electron chi connectivity index (χ4n) is 3.40. The van der Waals surface area contributed by atoms with E-state index in [1.807, 2.05) is 0 Å². The fraction of sp³-hybridized carbons (Fsp3) is 0.833. The normalized spacial score (nSPS) is 34.5. The lowest BCUT2D eigenvalue weighted by Gasteiger charge is -2.49. The molecule has 1 aromatic heterocycles. The molecule has 0 radical (unpaired) electrons. The zero-order valence-corrected chi connectivity index (χ0v) is 10.1. The molecule has 0 unspecified atom stereocenters. The summed E-state index contributed by atoms with van der Waals surface area (Å²) in [5.74, 6) is 0. The van der Waals surface area contributed by atoms with Crippen molar-refractivity contribution in [2.75, 3.05) is 13.1 Å². The second-order valence-corrected chi connectivity index (χ2v) is 5.35. The molecule has 0 bridgehead atoms. The predicted molar refractivity (Wildman–Crippen MR) is 63.4 cm³/mol. The quantitative estimate of drug-likeness (QED) is 0.819. The highest BCUT2D eigenvalue weighted by Gasteiger charge is 2.44. The summed E-state index contributed by atoms with van der Waals surface area (Å²) in [4.78, 5) is 6.41. The van der Waals surface area contributed by atoms with E-state index in [2.05, 4.69) is 15.0 Å². The topological polar surface area (TPSA) is 54.2 Å². The lowest BCUT2D eigenvalue weighted by Crippen LogP contribution is -2.60. The van der Waals surface area contributed by atoms with E-state index in [0.29, 0.717) is 12.6 Å². The molecule has 2 aliphatic rings. The molecule has 0 spiro atoms. The third-order valence-electron chi connectivity index (χ3n) is 4.19. The van der Waals surface area contributed by atoms with E-state index >= 15 is 0 Å². The lowest BCUT2D eigenvalue weighted by atomic mass is 9.79. The zero-order chi connectivity index (χ0) is 11.7. The first kappa shape index (κ1) is 11.2. The first-order valence-electron chi connectivity index (χ1n) is 6.57. The van der Waals surface area contributed by atoms with Crippen LogP contribution in [0.4, 0.5) is 0 Å². The van der Waals surface area contributed by atoms with Gasteiger partial charge in [-0.15, -0.1) is 0 Å². The Morgan fingerprint density at radius 2 is 2.18 bits per heavy atom. The number of hydrogen-bond donors (Lipinski definition) is 1. The molecule has 1 aromatic rings. The molecule has 94 valence electrons. The molecular formula is C12H20N4O. The summed E-state index contributed by atoms with van der Waals surface area (Å²) in [6.45, 7) is 2.86. The molecule has 17 heavy (non-hydrogen) atoms. The van der Waals surface area contributed by atoms with Crippen molar-refractivity contribution in [1.82, 2.24) is 19.7 Å². The van der Waals surface area contributed by atoms with Gasteiger partial charge in [0.15, 0.2) is 0 Å². The second-order valence-electron chi connectivity index (χ2n) is 5.35. The van der Waals surface area contributed by atoms with Gasteiger partial charge < -0.3 is 5.11 Å². The van der Waals surface area contributed by atoms with Gasteiger partial charge >= 0.3 is 0 Å². The Kier molecular flexibility index (Phi) is 2.88. The molecule has 0 aromatic carbocycles. The van der Waals surface area contributed by atoms with Gasteiger partial charge in [-0.2, -0.15) is 5.10 Å². The minimum Gasteiger partial charge on any atom is -0.386 e. The summed E-state index contributed by atoms with van der Waals surface area (Å²) in [5.41, 5.74) is -0.619. The first-order valence-corrected chi connectivity index (χ1v) is 6.57. The van der Waals surface area contributed by atoms with E-state index in [1.165, 1.54) is 19.2 Å². The van der Waals surface area contributed by atoms with Gasteiger partial charge in [-0.25, -0.2) is 4.98 Å². The standard InChI is InChI=1S/C12H20N4O/c17-12(8-16-10-13-9-14-16)5-3-7-15-6-2-1-4-11(12)15/h9-11,17H,1-8H2/t11-,12-/m1/s1. The molecule has 5 nitrogen and oxygen atoms in total. The van der Waals surface area contributed by atoms with Crippen LogP contribution >= 0.6 is 0 Å². The van der Waals surface area contributed by atoms with Gasteiger partial charge in [0.05, 0.1) is 12.1 Å². The summed E-state index contributed by atoms with van der Waals surface area (Å²) in [6.07, 6.45) is 8.82. The monoisotopic (exact) mass is 236 g/mol. The van der Waals surface area contributed by atoms with Gasteiger partial charge in [-0.3, -0.25) is 9.58 Å². The minimum atomic E-state index is -0.619. The molecule has 3 heterocycles. The number of aliphatic hydroxyl groups is 1. The van der Waals surface area contributed by atoms with Gasteiger partial charge in [0.2, 0.25) is 0 Å². The van der Waals surface area contributed by atoms with Crippen molar-refractivity contribution in [2.45, 2.75) is 50.3 Å². The fourth-order valence-corrected chi connectivity index (χ4v) is 3.40. The van der Waals surface area contributed by atoms with Gasteiger partial charge in [-0.05, 0) is 38.8 Å². The van der Waals surface area contributed by atoms with Gasteiger partial charge in [0.1, 0.15) is 12.7 Å². The van der Waals surface area contributed by atoms with Gasteiger partial charge in [-0.1, -0.05) is 6.42 Å². The van der Waals surface area contributed by atoms with Crippen LogP contribution < -0.4 is 0 Å². The lowest BCUT2D eigenvalue weighted by molar-refractivity contribution is -0.105. The van der Waals surface area contributed by atoms with Crippen molar-refractivity contribution in [3.8, 4) is 0 Å². The maximum absolute atomic E-state index is 10.9. The van der Waals surface area contributed by atoms with Crippen LogP contribution in [-0.4, -0.2) is 49.5 Å². The van der Waals surface area contributed by atoms with Crippen molar-refractivity contribution >= 4 is 0 Å².